The summed E-state index contributed by atoms with van der Waals surface area (Å²) in [4.78, 5) is 0. The monoisotopic (exact) mass is 370 g/mol. The molecule has 1 heterocycles. The molecule has 29 heavy (non-hydrogen) atoms. The molecule has 0 radical (unpaired) electrons. The first kappa shape index (κ1) is 15.2. The van der Waals surface area contributed by atoms with Crippen LogP contribution in [0.1, 0.15) is 0 Å². The largest absolute Gasteiger partial charge is 0.633 e. The van der Waals surface area contributed by atoms with Crippen molar-refractivity contribution in [3.05, 3.63) is 91.0 Å². The maximum absolute atomic E-state index is 6.27. The Balaban J connectivity index is 1.44. The Morgan fingerprint density at radius 1 is 0.483 bits per heavy atom. The minimum absolute atomic E-state index is 0.439. The minimum atomic E-state index is -0.439. The van der Waals surface area contributed by atoms with Crippen LogP contribution in [0.25, 0.3) is 43.1 Å². The molecular formula is C26H15BO2. The average Bonchev–Trinajstić information content (AvgIpc) is 3.18. The molecule has 0 amide bonds. The van der Waals surface area contributed by atoms with E-state index in [1.54, 1.807) is 0 Å². The lowest BCUT2D eigenvalue weighted by molar-refractivity contribution is 0.519. The van der Waals surface area contributed by atoms with Crippen molar-refractivity contribution >= 4 is 55.7 Å². The summed E-state index contributed by atoms with van der Waals surface area (Å²) >= 11 is 0. The highest BCUT2D eigenvalue weighted by Crippen LogP contribution is 2.39. The van der Waals surface area contributed by atoms with Gasteiger partial charge in [0.2, 0.25) is 0 Å². The number of hydrogen-bond acceptors (Lipinski definition) is 2. The molecule has 0 bridgehead atoms. The third-order valence-corrected chi connectivity index (χ3v) is 6.10. The summed E-state index contributed by atoms with van der Waals surface area (Å²) in [6.45, 7) is 0. The fraction of sp³-hybridized carbons (Fsp3) is 0. The van der Waals surface area contributed by atoms with Gasteiger partial charge in [0.05, 0.1) is 0 Å². The molecule has 0 saturated heterocycles. The van der Waals surface area contributed by atoms with E-state index in [2.05, 4.69) is 78.9 Å². The lowest BCUT2D eigenvalue weighted by Gasteiger charge is -2.14. The van der Waals surface area contributed by atoms with Crippen molar-refractivity contribution in [2.24, 2.45) is 0 Å². The highest BCUT2D eigenvalue weighted by Gasteiger charge is 2.36. The second kappa shape index (κ2) is 5.42. The van der Waals surface area contributed by atoms with Gasteiger partial charge in [0, 0.05) is 5.46 Å². The fourth-order valence-electron chi connectivity index (χ4n) is 4.73. The zero-order chi connectivity index (χ0) is 18.9. The quantitative estimate of drug-likeness (QED) is 0.265. The number of fused-ring (bicyclic) bond motifs is 2. The van der Waals surface area contributed by atoms with E-state index in [1.165, 1.54) is 32.3 Å². The zero-order valence-corrected chi connectivity index (χ0v) is 15.6. The first-order chi connectivity index (χ1) is 14.3. The summed E-state index contributed by atoms with van der Waals surface area (Å²) in [5.74, 6) is 1.61. The van der Waals surface area contributed by atoms with Crippen LogP contribution in [0, 0.1) is 0 Å². The molecule has 2 nitrogen and oxygen atoms in total. The van der Waals surface area contributed by atoms with Crippen molar-refractivity contribution in [1.82, 2.24) is 0 Å². The second-order valence-corrected chi connectivity index (χ2v) is 7.72. The summed E-state index contributed by atoms with van der Waals surface area (Å²) in [7, 11) is -0.439. The van der Waals surface area contributed by atoms with Gasteiger partial charge >= 0.3 is 7.12 Å². The first-order valence-corrected chi connectivity index (χ1v) is 9.88. The number of rotatable bonds is 1. The maximum Gasteiger partial charge on any atom is 0.633 e. The Morgan fingerprint density at radius 3 is 1.72 bits per heavy atom. The third kappa shape index (κ3) is 2.07. The highest BCUT2D eigenvalue weighted by atomic mass is 16.6. The van der Waals surface area contributed by atoms with Crippen LogP contribution in [0.15, 0.2) is 91.0 Å². The van der Waals surface area contributed by atoms with E-state index >= 15 is 0 Å². The smallest absolute Gasteiger partial charge is 0.519 e. The average molecular weight is 370 g/mol. The van der Waals surface area contributed by atoms with Crippen LogP contribution in [0.5, 0.6) is 11.5 Å². The molecule has 0 aromatic heterocycles. The van der Waals surface area contributed by atoms with E-state index < -0.39 is 7.12 Å². The molecule has 0 fully saturated rings. The molecule has 0 spiro atoms. The number of hydrogen-bond donors (Lipinski definition) is 0. The molecule has 0 saturated carbocycles. The standard InChI is InChI=1S/C26H15BO2/c1-2-5-20-15-24-23(14-19(20)4-1)28-27(29-24)22-13-11-18-9-8-16-6-3-7-17-10-12-21(22)26(18)25(16)17/h1-15H. The molecular weight excluding hydrogens is 355 g/mol. The molecule has 0 N–H and O–H groups in total. The molecule has 0 atom stereocenters. The third-order valence-electron chi connectivity index (χ3n) is 6.10. The normalized spacial score (nSPS) is 13.3. The van der Waals surface area contributed by atoms with Crippen LogP contribution in [0.3, 0.4) is 0 Å². The summed E-state index contributed by atoms with van der Waals surface area (Å²) in [5, 5.41) is 9.87. The van der Waals surface area contributed by atoms with Gasteiger partial charge in [-0.15, -0.1) is 0 Å². The van der Waals surface area contributed by atoms with E-state index in [0.29, 0.717) is 0 Å². The Kier molecular flexibility index (Phi) is 2.85. The fourth-order valence-corrected chi connectivity index (χ4v) is 4.73. The van der Waals surface area contributed by atoms with E-state index in [9.17, 15) is 0 Å². The lowest BCUT2D eigenvalue weighted by atomic mass is 9.75. The van der Waals surface area contributed by atoms with Crippen molar-refractivity contribution in [2.75, 3.05) is 0 Å². The lowest BCUT2D eigenvalue weighted by Crippen LogP contribution is -2.39. The summed E-state index contributed by atoms with van der Waals surface area (Å²) in [6.07, 6.45) is 0. The Morgan fingerprint density at radius 2 is 1.03 bits per heavy atom. The van der Waals surface area contributed by atoms with Crippen LogP contribution in [-0.2, 0) is 0 Å². The molecule has 6 aromatic carbocycles. The molecule has 1 aliphatic rings. The van der Waals surface area contributed by atoms with Crippen LogP contribution in [0.2, 0.25) is 0 Å². The number of benzene rings is 6. The van der Waals surface area contributed by atoms with Gasteiger partial charge in [-0.25, -0.2) is 0 Å². The van der Waals surface area contributed by atoms with Crippen molar-refractivity contribution in [3.8, 4) is 11.5 Å². The Hall–Kier alpha value is -3.72. The van der Waals surface area contributed by atoms with Gasteiger partial charge in [-0.2, -0.15) is 0 Å². The summed E-state index contributed by atoms with van der Waals surface area (Å²) < 4.78 is 12.5. The molecule has 3 heteroatoms. The Labute approximate surface area is 167 Å². The van der Waals surface area contributed by atoms with Gasteiger partial charge in [0.1, 0.15) is 11.5 Å². The van der Waals surface area contributed by atoms with Gasteiger partial charge in [-0.05, 0) is 55.2 Å². The highest BCUT2D eigenvalue weighted by molar-refractivity contribution is 6.67. The van der Waals surface area contributed by atoms with E-state index in [4.69, 9.17) is 9.31 Å². The van der Waals surface area contributed by atoms with E-state index in [1.807, 2.05) is 12.1 Å². The van der Waals surface area contributed by atoms with Crippen molar-refractivity contribution in [2.45, 2.75) is 0 Å². The van der Waals surface area contributed by atoms with Crippen LogP contribution < -0.4 is 14.8 Å². The van der Waals surface area contributed by atoms with Gasteiger partial charge in [0.15, 0.2) is 0 Å². The van der Waals surface area contributed by atoms with E-state index in [-0.39, 0.29) is 0 Å². The zero-order valence-electron chi connectivity index (χ0n) is 15.6. The van der Waals surface area contributed by atoms with Gasteiger partial charge in [-0.3, -0.25) is 0 Å². The Bertz CT molecular complexity index is 1510. The molecule has 1 aliphatic heterocycles. The van der Waals surface area contributed by atoms with Crippen LogP contribution in [0.4, 0.5) is 0 Å². The van der Waals surface area contributed by atoms with Gasteiger partial charge < -0.3 is 9.31 Å². The summed E-state index contributed by atoms with van der Waals surface area (Å²) in [5.41, 5.74) is 1.07. The summed E-state index contributed by atoms with van der Waals surface area (Å²) in [6, 6.07) is 32.0. The van der Waals surface area contributed by atoms with Gasteiger partial charge in [-0.1, -0.05) is 78.9 Å². The predicted molar refractivity (Wildman–Crippen MR) is 121 cm³/mol. The SMILES string of the molecule is c1ccc2cc3c(cc2c1)OB(c1ccc2ccc4cccc5ccc1c2c45)O3. The van der Waals surface area contributed by atoms with Crippen molar-refractivity contribution in [3.63, 3.8) is 0 Å². The van der Waals surface area contributed by atoms with Gasteiger partial charge in [0.25, 0.3) is 0 Å². The van der Waals surface area contributed by atoms with Crippen molar-refractivity contribution < 1.29 is 9.31 Å². The predicted octanol–water partition coefficient (Wildman–Crippen LogP) is 5.90. The topological polar surface area (TPSA) is 18.5 Å². The second-order valence-electron chi connectivity index (χ2n) is 7.72. The van der Waals surface area contributed by atoms with E-state index in [0.717, 1.165) is 27.7 Å². The molecule has 0 unspecified atom stereocenters. The molecule has 6 aromatic rings. The minimum Gasteiger partial charge on any atom is -0.519 e. The van der Waals surface area contributed by atoms with Crippen LogP contribution in [-0.4, -0.2) is 7.12 Å². The first-order valence-electron chi connectivity index (χ1n) is 9.88. The van der Waals surface area contributed by atoms with Crippen LogP contribution >= 0.6 is 0 Å². The molecule has 7 rings (SSSR count). The van der Waals surface area contributed by atoms with Crippen molar-refractivity contribution in [1.29, 1.82) is 0 Å². The maximum atomic E-state index is 6.27. The molecule has 134 valence electrons. The molecule has 0 aliphatic carbocycles.